The Morgan fingerprint density at radius 2 is 0.929 bits per heavy atom. The van der Waals surface area contributed by atoms with Crippen LogP contribution in [0.2, 0.25) is 0 Å². The minimum Gasteiger partial charge on any atom is -0.567 e. The molecule has 2 N–H and O–H groups in total. The van der Waals surface area contributed by atoms with Gasteiger partial charge in [-0.2, -0.15) is 0 Å². The van der Waals surface area contributed by atoms with E-state index in [2.05, 4.69) is 111 Å². The zero-order chi connectivity index (χ0) is 49.0. The Hall–Kier alpha value is -5.00. The maximum absolute atomic E-state index is 11.1. The first-order valence-electron chi connectivity index (χ1n) is 25.1. The van der Waals surface area contributed by atoms with Gasteiger partial charge in [0.15, 0.2) is 19.8 Å². The monoisotopic (exact) mass is 919 g/mol. The van der Waals surface area contributed by atoms with Crippen molar-refractivity contribution in [2.45, 2.75) is 24.0 Å². The predicted octanol–water partition coefficient (Wildman–Crippen LogP) is -7.56. The number of rotatable bonds is 27. The van der Waals surface area contributed by atoms with Gasteiger partial charge in [-0.15, -0.1) is 0 Å². The van der Waals surface area contributed by atoms with Gasteiger partial charge >= 0.3 is 28.6 Å². The van der Waals surface area contributed by atoms with Crippen molar-refractivity contribution in [1.82, 2.24) is 0 Å². The van der Waals surface area contributed by atoms with Crippen molar-refractivity contribution in [3.05, 3.63) is 146 Å². The van der Waals surface area contributed by atoms with Gasteiger partial charge in [-0.05, 0) is 72.8 Å². The van der Waals surface area contributed by atoms with Crippen LogP contribution in [0.1, 0.15) is 0 Å². The van der Waals surface area contributed by atoms with Crippen LogP contribution in [0, 0.1) is 0 Å². The minimum absolute atomic E-state index is 0.100. The van der Waals surface area contributed by atoms with E-state index in [0.717, 1.165) is 42.7 Å². The van der Waals surface area contributed by atoms with E-state index < -0.39 is 18.8 Å². The molecule has 0 aliphatic carbocycles. The molecule has 70 heavy (non-hydrogen) atoms. The van der Waals surface area contributed by atoms with Gasteiger partial charge in [0.25, 0.3) is 0 Å². The van der Waals surface area contributed by atoms with Crippen molar-refractivity contribution in [3.63, 3.8) is 0 Å². The van der Waals surface area contributed by atoms with Crippen LogP contribution in [-0.2, 0) is 9.47 Å². The van der Waals surface area contributed by atoms with Gasteiger partial charge in [0.1, 0.15) is 44.8 Å². The Morgan fingerprint density at radius 3 is 1.36 bits per heavy atom. The van der Waals surface area contributed by atoms with Gasteiger partial charge in [0.05, 0.1) is 107 Å². The first kappa shape index (κ1) is 51.4. The minimum atomic E-state index is -0.821. The van der Waals surface area contributed by atoms with Crippen molar-refractivity contribution in [2.24, 2.45) is 0 Å². The summed E-state index contributed by atoms with van der Waals surface area (Å²) in [5.41, 5.74) is 7.07. The molecule has 10 nitrogen and oxygen atoms in total. The quantitative estimate of drug-likeness (QED) is 0.0382. The Bertz CT molecular complexity index is 2520. The molecule has 0 spiro atoms. The fourth-order valence-electron chi connectivity index (χ4n) is 8.82. The van der Waals surface area contributed by atoms with Crippen molar-refractivity contribution in [3.8, 4) is 34.5 Å². The number of ether oxygens (including phenoxy) is 4. The SMILES string of the molecule is BBB(Oc1ccc(B(B)c2ccc(OBC3CO3)cc2)cc1)C(O)COc1ccc(B(B(B)B)c2ccc(OCC(O)BOc3ccc(B(B)c4ccc(OB(BB)C5CO5)cc4)cc3)cc2)cc1. The topological polar surface area (TPSA) is 121 Å². The number of benzene rings is 6. The first-order valence-corrected chi connectivity index (χ1v) is 25.1. The third-order valence-electron chi connectivity index (χ3n) is 13.4. The highest BCUT2D eigenvalue weighted by molar-refractivity contribution is 7.63. The van der Waals surface area contributed by atoms with Crippen molar-refractivity contribution < 1.29 is 47.8 Å². The number of hydrogen-bond donors (Lipinski definition) is 2. The average Bonchev–Trinajstić information content (AvgIpc) is 4.35. The van der Waals surface area contributed by atoms with Crippen LogP contribution in [0.3, 0.4) is 0 Å². The molecule has 2 heterocycles. The number of hydrogen-bond acceptors (Lipinski definition) is 10. The van der Waals surface area contributed by atoms with E-state index in [4.69, 9.17) is 37.6 Å². The molecule has 2 aliphatic rings. The maximum Gasteiger partial charge on any atom is 0.372 e. The molecule has 0 saturated carbocycles. The second-order valence-electron chi connectivity index (χ2n) is 19.0. The van der Waals surface area contributed by atoms with Crippen LogP contribution in [0.4, 0.5) is 0 Å². The number of aliphatic hydroxyl groups excluding tert-OH is 2. The molecule has 338 valence electrons. The summed E-state index contributed by atoms with van der Waals surface area (Å²) in [5, 5.41) is 21.9. The molecule has 6 aromatic carbocycles. The normalized spacial score (nSPS) is 15.1. The summed E-state index contributed by atoms with van der Waals surface area (Å²) in [5.74, 6) is 4.47. The van der Waals surface area contributed by atoms with Crippen LogP contribution in [0.5, 0.6) is 34.5 Å². The summed E-state index contributed by atoms with van der Waals surface area (Å²) in [6.07, 6.45) is 0.323. The Labute approximate surface area is 424 Å². The van der Waals surface area contributed by atoms with E-state index in [9.17, 15) is 10.2 Å². The largest absolute Gasteiger partial charge is 0.567 e. The van der Waals surface area contributed by atoms with Gasteiger partial charge in [0, 0.05) is 0 Å². The highest BCUT2D eigenvalue weighted by atomic mass is 16.6. The van der Waals surface area contributed by atoms with E-state index >= 15 is 0 Å². The lowest BCUT2D eigenvalue weighted by Crippen LogP contribution is -2.55. The summed E-state index contributed by atoms with van der Waals surface area (Å²) in [6.45, 7) is 1.98. The van der Waals surface area contributed by atoms with E-state index in [0.29, 0.717) is 43.9 Å². The first-order chi connectivity index (χ1) is 34.0. The number of epoxide rings is 2. The van der Waals surface area contributed by atoms with Crippen molar-refractivity contribution in [1.29, 1.82) is 0 Å². The van der Waals surface area contributed by atoms with E-state index in [1.165, 1.54) is 21.9 Å². The Kier molecular flexibility index (Phi) is 18.3. The second kappa shape index (κ2) is 24.9. The highest BCUT2D eigenvalue weighted by Crippen LogP contribution is 2.19. The van der Waals surface area contributed by atoms with Crippen LogP contribution in [0.15, 0.2) is 146 Å². The molecule has 2 fully saturated rings. The van der Waals surface area contributed by atoms with Crippen LogP contribution >= 0.6 is 0 Å². The summed E-state index contributed by atoms with van der Waals surface area (Å²) >= 11 is 0. The summed E-state index contributed by atoms with van der Waals surface area (Å²) in [7, 11) is 15.2. The van der Waals surface area contributed by atoms with Gasteiger partial charge in [-0.3, -0.25) is 0 Å². The predicted molar refractivity (Wildman–Crippen MR) is 316 cm³/mol. The van der Waals surface area contributed by atoms with Crippen molar-refractivity contribution in [2.75, 3.05) is 26.4 Å². The fraction of sp³-hybridized carbons (Fsp3) is 0.182. The van der Waals surface area contributed by atoms with Gasteiger partial charge in [-0.25, -0.2) is 0 Å². The third kappa shape index (κ3) is 14.6. The molecule has 26 heteroatoms. The molecule has 8 rings (SSSR count). The molecule has 0 amide bonds. The number of aliphatic hydroxyl groups is 2. The van der Waals surface area contributed by atoms with Crippen molar-refractivity contribution >= 4 is 148 Å². The summed E-state index contributed by atoms with van der Waals surface area (Å²) in [4.78, 5) is 0. The van der Waals surface area contributed by atoms with Crippen LogP contribution in [-0.4, -0.2) is 176 Å². The molecule has 4 unspecified atom stereocenters. The molecule has 2 aliphatic heterocycles. The van der Waals surface area contributed by atoms with Gasteiger partial charge in [0.2, 0.25) is 0 Å². The molecule has 4 atom stereocenters. The third-order valence-corrected chi connectivity index (χ3v) is 13.4. The lowest BCUT2D eigenvalue weighted by Gasteiger charge is -2.21. The zero-order valence-electron chi connectivity index (χ0n) is 41.4. The second-order valence-corrected chi connectivity index (χ2v) is 19.0. The standard InChI is InChI=1S/C44H54B16O10/c45-53-58(69-39-21-5-31(6-22-39)56(48)30-3-19-38(20-4-30)68-52-42-26-65-42)43(62)27-64-36-15-11-34(12-16-36)57(60(49)50)33-9-13-35(14-10-33)63-25-41(61)51-67-37-17-1-29(2-18-37)55(47)32-7-23-40(24-8-32)70-59(54-46)44-28-66-44/h1-24,41-44,51-54,61-62H,25-28,45-50H2. The van der Waals surface area contributed by atoms with Gasteiger partial charge in [-0.1, -0.05) is 106 Å². The van der Waals surface area contributed by atoms with Crippen LogP contribution in [0.25, 0.3) is 0 Å². The van der Waals surface area contributed by atoms with E-state index in [1.807, 2.05) is 80.5 Å². The van der Waals surface area contributed by atoms with E-state index in [1.54, 1.807) is 0 Å². The molecular weight excluding hydrogens is 861 g/mol. The Morgan fingerprint density at radius 1 is 0.514 bits per heavy atom. The highest BCUT2D eigenvalue weighted by Gasteiger charge is 2.38. The van der Waals surface area contributed by atoms with Gasteiger partial charge < -0.3 is 47.8 Å². The molecular formula is C44H54B16O10. The van der Waals surface area contributed by atoms with Crippen LogP contribution < -0.4 is 60.9 Å². The van der Waals surface area contributed by atoms with E-state index in [-0.39, 0.29) is 59.3 Å². The average molecular weight is 916 g/mol. The molecule has 0 radical (unpaired) electrons. The smallest absolute Gasteiger partial charge is 0.372 e. The lowest BCUT2D eigenvalue weighted by atomic mass is 8.90. The fourth-order valence-corrected chi connectivity index (χ4v) is 8.82. The molecule has 2 saturated heterocycles. The Balaban J connectivity index is 0.753. The summed E-state index contributed by atoms with van der Waals surface area (Å²) < 4.78 is 46.8. The molecule has 6 aromatic rings. The molecule has 0 bridgehead atoms. The molecule has 0 aromatic heterocycles. The maximum atomic E-state index is 11.1. The zero-order valence-corrected chi connectivity index (χ0v) is 41.4. The lowest BCUT2D eigenvalue weighted by molar-refractivity contribution is 0.156. The summed E-state index contributed by atoms with van der Waals surface area (Å²) in [6, 6.07) is 47.7.